The molecule has 0 aliphatic heterocycles. The van der Waals surface area contributed by atoms with Crippen molar-refractivity contribution in [2.45, 2.75) is 33.3 Å². The Bertz CT molecular complexity index is 139. The van der Waals surface area contributed by atoms with Crippen LogP contribution in [-0.4, -0.2) is 24.9 Å². The van der Waals surface area contributed by atoms with Crippen LogP contribution in [0.25, 0.3) is 0 Å². The fourth-order valence-electron chi connectivity index (χ4n) is 1.15. The first kappa shape index (κ1) is 11.7. The number of aliphatic hydroxyl groups is 1. The molecule has 0 aromatic heterocycles. The smallest absolute Gasteiger partial charge is 0.0631 e. The molecule has 0 saturated carbocycles. The fourth-order valence-corrected chi connectivity index (χ4v) is 1.15. The largest absolute Gasteiger partial charge is 0.392 e. The van der Waals surface area contributed by atoms with Gasteiger partial charge in [0.05, 0.1) is 12.7 Å². The Morgan fingerprint density at radius 2 is 2.08 bits per heavy atom. The molecule has 0 aromatic rings. The summed E-state index contributed by atoms with van der Waals surface area (Å²) in [5, 5.41) is 8.64. The third kappa shape index (κ3) is 4.52. The highest BCUT2D eigenvalue weighted by atomic mass is 16.5. The molecular weight excluding hydrogens is 152 g/mol. The van der Waals surface area contributed by atoms with Crippen molar-refractivity contribution in [1.82, 2.24) is 0 Å². The molecule has 1 N–H and O–H groups in total. The van der Waals surface area contributed by atoms with E-state index in [9.17, 15) is 0 Å². The van der Waals surface area contributed by atoms with Gasteiger partial charge in [-0.1, -0.05) is 25.5 Å². The van der Waals surface area contributed by atoms with Gasteiger partial charge in [0, 0.05) is 7.11 Å². The summed E-state index contributed by atoms with van der Waals surface area (Å²) in [6.07, 6.45) is 3.01. The van der Waals surface area contributed by atoms with Crippen LogP contribution in [0.4, 0.5) is 0 Å². The average molecular weight is 172 g/mol. The monoisotopic (exact) mass is 172 g/mol. The quantitative estimate of drug-likeness (QED) is 0.643. The van der Waals surface area contributed by atoms with Crippen LogP contribution in [-0.2, 0) is 4.74 Å². The van der Waals surface area contributed by atoms with Crippen molar-refractivity contribution in [3.63, 3.8) is 0 Å². The summed E-state index contributed by atoms with van der Waals surface area (Å²) in [6, 6.07) is 0. The van der Waals surface area contributed by atoms with Crippen LogP contribution < -0.4 is 0 Å². The lowest BCUT2D eigenvalue weighted by Gasteiger charge is -2.19. The molecule has 0 amide bonds. The molecule has 0 spiro atoms. The van der Waals surface area contributed by atoms with E-state index in [1.807, 2.05) is 13.0 Å². The fraction of sp³-hybridized carbons (Fsp3) is 0.800. The Morgan fingerprint density at radius 1 is 1.50 bits per heavy atom. The van der Waals surface area contributed by atoms with E-state index in [1.165, 1.54) is 5.57 Å². The summed E-state index contributed by atoms with van der Waals surface area (Å²) in [5.41, 5.74) is 1.19. The zero-order valence-electron chi connectivity index (χ0n) is 8.50. The normalized spacial score (nSPS) is 15.3. The topological polar surface area (TPSA) is 29.5 Å². The van der Waals surface area contributed by atoms with Crippen LogP contribution in [0.1, 0.15) is 27.2 Å². The Morgan fingerprint density at radius 3 is 2.42 bits per heavy atom. The minimum Gasteiger partial charge on any atom is -0.392 e. The third-order valence-electron chi connectivity index (χ3n) is 2.01. The van der Waals surface area contributed by atoms with Gasteiger partial charge in [0.2, 0.25) is 0 Å². The number of rotatable bonds is 5. The lowest BCUT2D eigenvalue weighted by Crippen LogP contribution is -2.18. The Kier molecular flexibility index (Phi) is 6.03. The SMILES string of the molecule is COC(CC(C)=CCO)C(C)C. The molecule has 2 nitrogen and oxygen atoms in total. The van der Waals surface area contributed by atoms with Gasteiger partial charge in [0.25, 0.3) is 0 Å². The summed E-state index contributed by atoms with van der Waals surface area (Å²) < 4.78 is 5.31. The van der Waals surface area contributed by atoms with Crippen LogP contribution >= 0.6 is 0 Å². The molecular formula is C10H20O2. The summed E-state index contributed by atoms with van der Waals surface area (Å²) in [7, 11) is 1.73. The lowest BCUT2D eigenvalue weighted by atomic mass is 10.00. The van der Waals surface area contributed by atoms with Gasteiger partial charge >= 0.3 is 0 Å². The molecule has 0 bridgehead atoms. The number of aliphatic hydroxyl groups excluding tert-OH is 1. The van der Waals surface area contributed by atoms with Crippen LogP contribution in [0.3, 0.4) is 0 Å². The highest BCUT2D eigenvalue weighted by molar-refractivity contribution is 4.99. The Labute approximate surface area is 75.2 Å². The maximum absolute atomic E-state index is 8.64. The summed E-state index contributed by atoms with van der Waals surface area (Å²) in [4.78, 5) is 0. The van der Waals surface area contributed by atoms with Crippen LogP contribution in [0.5, 0.6) is 0 Å². The van der Waals surface area contributed by atoms with Crippen molar-refractivity contribution in [2.75, 3.05) is 13.7 Å². The first-order valence-electron chi connectivity index (χ1n) is 4.41. The summed E-state index contributed by atoms with van der Waals surface area (Å²) in [5.74, 6) is 0.525. The van der Waals surface area contributed by atoms with Crippen molar-refractivity contribution >= 4 is 0 Å². The Balaban J connectivity index is 3.93. The maximum Gasteiger partial charge on any atom is 0.0631 e. The first-order valence-corrected chi connectivity index (χ1v) is 4.41. The summed E-state index contributed by atoms with van der Waals surface area (Å²) in [6.45, 7) is 6.42. The predicted octanol–water partition coefficient (Wildman–Crippen LogP) is 1.99. The molecule has 12 heavy (non-hydrogen) atoms. The molecule has 0 aliphatic carbocycles. The van der Waals surface area contributed by atoms with E-state index in [0.717, 1.165) is 6.42 Å². The molecule has 0 radical (unpaired) electrons. The van der Waals surface area contributed by atoms with E-state index >= 15 is 0 Å². The van der Waals surface area contributed by atoms with Crippen molar-refractivity contribution in [2.24, 2.45) is 5.92 Å². The first-order chi connectivity index (χ1) is 5.61. The minimum absolute atomic E-state index is 0.125. The second-order valence-corrected chi connectivity index (χ2v) is 3.46. The van der Waals surface area contributed by atoms with Crippen molar-refractivity contribution < 1.29 is 9.84 Å². The standard InChI is InChI=1S/C10H20O2/c1-8(2)10(12-4)7-9(3)5-6-11/h5,8,10-11H,6-7H2,1-4H3. The number of ether oxygens (including phenoxy) is 1. The van der Waals surface area contributed by atoms with Gasteiger partial charge in [-0.25, -0.2) is 0 Å². The van der Waals surface area contributed by atoms with Gasteiger partial charge in [-0.2, -0.15) is 0 Å². The molecule has 0 fully saturated rings. The van der Waals surface area contributed by atoms with Gasteiger partial charge in [-0.3, -0.25) is 0 Å². The van der Waals surface area contributed by atoms with E-state index in [2.05, 4.69) is 13.8 Å². The zero-order chi connectivity index (χ0) is 9.56. The zero-order valence-corrected chi connectivity index (χ0v) is 8.50. The average Bonchev–Trinajstić information content (AvgIpc) is 2.00. The van der Waals surface area contributed by atoms with E-state index in [4.69, 9.17) is 9.84 Å². The molecule has 0 saturated heterocycles. The second kappa shape index (κ2) is 6.21. The highest BCUT2D eigenvalue weighted by Gasteiger charge is 2.11. The lowest BCUT2D eigenvalue weighted by molar-refractivity contribution is 0.0653. The molecule has 0 rings (SSSR count). The summed E-state index contributed by atoms with van der Waals surface area (Å²) >= 11 is 0. The number of hydrogen-bond donors (Lipinski definition) is 1. The van der Waals surface area contributed by atoms with E-state index in [-0.39, 0.29) is 12.7 Å². The highest BCUT2D eigenvalue weighted by Crippen LogP contribution is 2.14. The predicted molar refractivity (Wildman–Crippen MR) is 51.1 cm³/mol. The van der Waals surface area contributed by atoms with Crippen LogP contribution in [0, 0.1) is 5.92 Å². The molecule has 1 unspecified atom stereocenters. The minimum atomic E-state index is 0.125. The maximum atomic E-state index is 8.64. The molecule has 1 atom stereocenters. The van der Waals surface area contributed by atoms with Gasteiger partial charge in [-0.05, 0) is 19.3 Å². The molecule has 0 aliphatic rings. The van der Waals surface area contributed by atoms with E-state index in [0.29, 0.717) is 5.92 Å². The van der Waals surface area contributed by atoms with Crippen molar-refractivity contribution in [3.05, 3.63) is 11.6 Å². The second-order valence-electron chi connectivity index (χ2n) is 3.46. The van der Waals surface area contributed by atoms with E-state index < -0.39 is 0 Å². The van der Waals surface area contributed by atoms with E-state index in [1.54, 1.807) is 7.11 Å². The molecule has 0 aromatic carbocycles. The van der Waals surface area contributed by atoms with Gasteiger partial charge < -0.3 is 9.84 Å². The van der Waals surface area contributed by atoms with Gasteiger partial charge in [0.1, 0.15) is 0 Å². The van der Waals surface area contributed by atoms with Crippen LogP contribution in [0.15, 0.2) is 11.6 Å². The molecule has 0 heterocycles. The molecule has 72 valence electrons. The van der Waals surface area contributed by atoms with Gasteiger partial charge in [-0.15, -0.1) is 0 Å². The number of hydrogen-bond acceptors (Lipinski definition) is 2. The third-order valence-corrected chi connectivity index (χ3v) is 2.01. The van der Waals surface area contributed by atoms with Crippen LogP contribution in [0.2, 0.25) is 0 Å². The Hall–Kier alpha value is -0.340. The van der Waals surface area contributed by atoms with Gasteiger partial charge in [0.15, 0.2) is 0 Å². The van der Waals surface area contributed by atoms with Crippen molar-refractivity contribution in [1.29, 1.82) is 0 Å². The number of methoxy groups -OCH3 is 1. The molecule has 2 heteroatoms. The van der Waals surface area contributed by atoms with Crippen molar-refractivity contribution in [3.8, 4) is 0 Å².